The van der Waals surface area contributed by atoms with Crippen LogP contribution in [0, 0.1) is 0 Å². The summed E-state index contributed by atoms with van der Waals surface area (Å²) in [5, 5.41) is -2.21. The van der Waals surface area contributed by atoms with Crippen molar-refractivity contribution in [2.24, 2.45) is 0 Å². The predicted octanol–water partition coefficient (Wildman–Crippen LogP) is 0.734. The fraction of sp³-hybridized carbons (Fsp3) is 0.600. The van der Waals surface area contributed by atoms with Gasteiger partial charge in [-0.05, 0) is 0 Å². The zero-order chi connectivity index (χ0) is 9.35. The molecule has 1 aliphatic heterocycles. The van der Waals surface area contributed by atoms with E-state index in [0.717, 1.165) is 0 Å². The molecule has 0 bridgehead atoms. The number of hydrogen-bond donors (Lipinski definition) is 0. The van der Waals surface area contributed by atoms with E-state index >= 15 is 0 Å². The first-order valence-corrected chi connectivity index (χ1v) is 3.89. The highest BCUT2D eigenvalue weighted by molar-refractivity contribution is 8.01. The van der Waals surface area contributed by atoms with E-state index in [0.29, 0.717) is 0 Å². The Morgan fingerprint density at radius 2 is 2.00 bits per heavy atom. The molecule has 0 spiro atoms. The molecule has 12 heavy (non-hydrogen) atoms. The van der Waals surface area contributed by atoms with Crippen LogP contribution in [0.1, 0.15) is 0 Å². The van der Waals surface area contributed by atoms with Gasteiger partial charge >= 0.3 is 18.1 Å². The van der Waals surface area contributed by atoms with Crippen molar-refractivity contribution in [3.05, 3.63) is 0 Å². The summed E-state index contributed by atoms with van der Waals surface area (Å²) in [4.78, 5) is 20.8. The number of carbonyl (C=O) groups is 2. The predicted molar refractivity (Wildman–Crippen MR) is 33.4 cm³/mol. The lowest BCUT2D eigenvalue weighted by molar-refractivity contribution is -0.174. The van der Waals surface area contributed by atoms with E-state index < -0.39 is 29.1 Å². The lowest BCUT2D eigenvalue weighted by Crippen LogP contribution is -2.40. The Morgan fingerprint density at radius 1 is 1.42 bits per heavy atom. The van der Waals surface area contributed by atoms with Crippen LogP contribution in [0.5, 0.6) is 0 Å². The fourth-order valence-electron chi connectivity index (χ4n) is 0.643. The topological polar surface area (TPSA) is 43.4 Å². The third-order valence-electron chi connectivity index (χ3n) is 1.09. The molecule has 0 aromatic heterocycles. The molecule has 1 heterocycles. The Hall–Kier alpha value is -0.720. The first-order valence-electron chi connectivity index (χ1n) is 2.84. The minimum Gasteiger partial charge on any atom is -0.391 e. The van der Waals surface area contributed by atoms with Crippen molar-refractivity contribution in [3.8, 4) is 0 Å². The lowest BCUT2D eigenvalue weighted by Gasteiger charge is -2.20. The van der Waals surface area contributed by atoms with Crippen LogP contribution in [0.15, 0.2) is 0 Å². The molecule has 0 aromatic rings. The van der Waals surface area contributed by atoms with Gasteiger partial charge in [-0.15, -0.1) is 11.8 Å². The highest BCUT2D eigenvalue weighted by Crippen LogP contribution is 2.33. The Morgan fingerprint density at radius 3 is 2.42 bits per heavy atom. The molecule has 1 saturated heterocycles. The molecule has 1 rings (SSSR count). The fourth-order valence-corrected chi connectivity index (χ4v) is 1.38. The van der Waals surface area contributed by atoms with Gasteiger partial charge in [-0.2, -0.15) is 13.2 Å². The molecule has 68 valence electrons. The van der Waals surface area contributed by atoms with Crippen molar-refractivity contribution < 1.29 is 27.5 Å². The van der Waals surface area contributed by atoms with Crippen molar-refractivity contribution >= 4 is 23.7 Å². The molecule has 1 atom stereocenters. The van der Waals surface area contributed by atoms with Crippen LogP contribution in [0.2, 0.25) is 0 Å². The maximum atomic E-state index is 11.9. The summed E-state index contributed by atoms with van der Waals surface area (Å²) >= 11 is 0.237. The van der Waals surface area contributed by atoms with Crippen LogP contribution in [0.3, 0.4) is 0 Å². The summed E-state index contributed by atoms with van der Waals surface area (Å²) in [6.45, 7) is 0. The molecular weight excluding hydrogens is 197 g/mol. The minimum atomic E-state index is -4.64. The van der Waals surface area contributed by atoms with Crippen molar-refractivity contribution in [2.75, 3.05) is 5.75 Å². The second-order valence-corrected chi connectivity index (χ2v) is 3.12. The molecular formula is C5H3F3O3S. The average Bonchev–Trinajstić information content (AvgIpc) is 1.83. The van der Waals surface area contributed by atoms with Crippen LogP contribution in [-0.4, -0.2) is 29.1 Å². The van der Waals surface area contributed by atoms with E-state index in [1.807, 2.05) is 0 Å². The standard InChI is InChI=1S/C5H3F3O3S/c6-5(7,8)3-4(10)11-2(9)1-12-3/h3H,1H2. The number of rotatable bonds is 0. The number of ether oxygens (including phenoxy) is 1. The van der Waals surface area contributed by atoms with Crippen molar-refractivity contribution in [3.63, 3.8) is 0 Å². The van der Waals surface area contributed by atoms with Crippen molar-refractivity contribution in [2.45, 2.75) is 11.4 Å². The first kappa shape index (κ1) is 9.37. The van der Waals surface area contributed by atoms with Crippen LogP contribution in [-0.2, 0) is 14.3 Å². The van der Waals surface area contributed by atoms with Gasteiger partial charge in [-0.3, -0.25) is 4.79 Å². The molecule has 1 fully saturated rings. The Labute approximate surface area is 69.2 Å². The van der Waals surface area contributed by atoms with E-state index in [1.54, 1.807) is 0 Å². The van der Waals surface area contributed by atoms with Crippen LogP contribution >= 0.6 is 11.8 Å². The molecule has 0 N–H and O–H groups in total. The number of thioether (sulfide) groups is 1. The van der Waals surface area contributed by atoms with Gasteiger partial charge in [0.15, 0.2) is 5.25 Å². The molecule has 3 nitrogen and oxygen atoms in total. The molecule has 0 radical (unpaired) electrons. The highest BCUT2D eigenvalue weighted by atomic mass is 32.2. The van der Waals surface area contributed by atoms with Gasteiger partial charge < -0.3 is 4.74 Å². The van der Waals surface area contributed by atoms with Gasteiger partial charge in [0.05, 0.1) is 5.75 Å². The van der Waals surface area contributed by atoms with Crippen molar-refractivity contribution in [1.29, 1.82) is 0 Å². The van der Waals surface area contributed by atoms with Gasteiger partial charge in [0.25, 0.3) is 0 Å². The van der Waals surface area contributed by atoms with Crippen LogP contribution in [0.25, 0.3) is 0 Å². The number of hydrogen-bond acceptors (Lipinski definition) is 4. The van der Waals surface area contributed by atoms with Gasteiger partial charge in [0.2, 0.25) is 0 Å². The third-order valence-corrected chi connectivity index (χ3v) is 2.29. The van der Waals surface area contributed by atoms with E-state index in [9.17, 15) is 22.8 Å². The molecule has 0 aliphatic carbocycles. The summed E-state index contributed by atoms with van der Waals surface area (Å²) < 4.78 is 39.5. The summed E-state index contributed by atoms with van der Waals surface area (Å²) in [5.41, 5.74) is 0. The molecule has 0 aromatic carbocycles. The molecule has 1 aliphatic rings. The zero-order valence-electron chi connectivity index (χ0n) is 5.55. The second-order valence-electron chi connectivity index (χ2n) is 2.03. The number of esters is 2. The van der Waals surface area contributed by atoms with E-state index in [-0.39, 0.29) is 11.8 Å². The second kappa shape index (κ2) is 2.96. The zero-order valence-corrected chi connectivity index (χ0v) is 6.37. The highest BCUT2D eigenvalue weighted by Gasteiger charge is 2.49. The SMILES string of the molecule is O=C1CSC(C(F)(F)F)C(=O)O1. The maximum absolute atomic E-state index is 11.9. The smallest absolute Gasteiger partial charge is 0.391 e. The monoisotopic (exact) mass is 200 g/mol. The van der Waals surface area contributed by atoms with E-state index in [4.69, 9.17) is 0 Å². The van der Waals surface area contributed by atoms with Crippen LogP contribution < -0.4 is 0 Å². The van der Waals surface area contributed by atoms with Gasteiger partial charge in [0.1, 0.15) is 0 Å². The Balaban J connectivity index is 2.69. The summed E-state index contributed by atoms with van der Waals surface area (Å²) in [7, 11) is 0. The molecule has 1 unspecified atom stereocenters. The number of carbonyl (C=O) groups excluding carboxylic acids is 2. The molecule has 0 amide bonds. The molecule has 0 saturated carbocycles. The Kier molecular flexibility index (Phi) is 2.31. The first-order chi connectivity index (χ1) is 5.41. The van der Waals surface area contributed by atoms with E-state index in [2.05, 4.69) is 4.74 Å². The van der Waals surface area contributed by atoms with Crippen LogP contribution in [0.4, 0.5) is 13.2 Å². The maximum Gasteiger partial charge on any atom is 0.411 e. The molecule has 7 heteroatoms. The number of alkyl halides is 3. The summed E-state index contributed by atoms with van der Waals surface area (Å²) in [5.74, 6) is -2.88. The van der Waals surface area contributed by atoms with Crippen molar-refractivity contribution in [1.82, 2.24) is 0 Å². The average molecular weight is 200 g/mol. The summed E-state index contributed by atoms with van der Waals surface area (Å²) in [6.07, 6.45) is -4.64. The number of cyclic esters (lactones) is 2. The lowest BCUT2D eigenvalue weighted by atomic mass is 10.4. The minimum absolute atomic E-state index is 0.237. The quantitative estimate of drug-likeness (QED) is 0.427. The Bertz CT molecular complexity index is 224. The van der Waals surface area contributed by atoms with Gasteiger partial charge in [-0.1, -0.05) is 0 Å². The van der Waals surface area contributed by atoms with Gasteiger partial charge in [-0.25, -0.2) is 4.79 Å². The number of halogens is 3. The normalized spacial score (nSPS) is 25.4. The third kappa shape index (κ3) is 1.90. The summed E-state index contributed by atoms with van der Waals surface area (Å²) in [6, 6.07) is 0. The van der Waals surface area contributed by atoms with E-state index in [1.165, 1.54) is 0 Å². The van der Waals surface area contributed by atoms with Gasteiger partial charge in [0, 0.05) is 0 Å². The largest absolute Gasteiger partial charge is 0.411 e.